The summed E-state index contributed by atoms with van der Waals surface area (Å²) < 4.78 is 0. The second-order valence-corrected chi connectivity index (χ2v) is 7.04. The summed E-state index contributed by atoms with van der Waals surface area (Å²) in [6.45, 7) is 3.06. The molecule has 1 saturated heterocycles. The van der Waals surface area contributed by atoms with Gasteiger partial charge < -0.3 is 10.0 Å². The molecule has 2 rings (SSSR count). The molecule has 1 atom stereocenters. The molecule has 7 heteroatoms. The quantitative estimate of drug-likeness (QED) is 0.862. The summed E-state index contributed by atoms with van der Waals surface area (Å²) in [5.74, 6) is -1.23. The van der Waals surface area contributed by atoms with Crippen molar-refractivity contribution in [2.75, 3.05) is 26.7 Å². The van der Waals surface area contributed by atoms with Crippen LogP contribution in [0.4, 0.5) is 0 Å². The zero-order valence-electron chi connectivity index (χ0n) is 13.8. The van der Waals surface area contributed by atoms with Crippen LogP contribution >= 0.6 is 23.2 Å². The normalized spacial score (nSPS) is 17.1. The van der Waals surface area contributed by atoms with Crippen molar-refractivity contribution in [1.82, 2.24) is 9.80 Å². The number of aliphatic carboxylic acids is 1. The molecule has 1 aromatic rings. The topological polar surface area (TPSA) is 60.9 Å². The Hall–Kier alpha value is -1.30. The Morgan fingerprint density at radius 1 is 1.29 bits per heavy atom. The average Bonchev–Trinajstić information content (AvgIpc) is 2.53. The van der Waals surface area contributed by atoms with Gasteiger partial charge in [0, 0.05) is 34.7 Å². The van der Waals surface area contributed by atoms with E-state index in [1.807, 2.05) is 23.8 Å². The molecular formula is C17H22Cl2N2O3. The summed E-state index contributed by atoms with van der Waals surface area (Å²) >= 11 is 12.4. The van der Waals surface area contributed by atoms with Crippen molar-refractivity contribution in [3.63, 3.8) is 0 Å². The Bertz CT molecular complexity index is 596. The van der Waals surface area contributed by atoms with Crippen LogP contribution in [0.1, 0.15) is 31.2 Å². The first-order valence-corrected chi connectivity index (χ1v) is 8.71. The lowest BCUT2D eigenvalue weighted by Crippen LogP contribution is -2.47. The van der Waals surface area contributed by atoms with E-state index < -0.39 is 11.9 Å². The average molecular weight is 373 g/mol. The van der Waals surface area contributed by atoms with Crippen LogP contribution in [-0.2, 0) is 9.59 Å². The third kappa shape index (κ3) is 4.41. The second kappa shape index (κ2) is 8.19. The van der Waals surface area contributed by atoms with Gasteiger partial charge in [-0.05, 0) is 38.9 Å². The predicted octanol–water partition coefficient (Wildman–Crippen LogP) is 3.10. The van der Waals surface area contributed by atoms with Crippen LogP contribution in [0.2, 0.25) is 10.0 Å². The molecule has 1 unspecified atom stereocenters. The largest absolute Gasteiger partial charge is 0.480 e. The summed E-state index contributed by atoms with van der Waals surface area (Å²) in [5.41, 5.74) is 0.663. The Morgan fingerprint density at radius 3 is 2.33 bits per heavy atom. The molecule has 0 bridgehead atoms. The van der Waals surface area contributed by atoms with Gasteiger partial charge in [-0.3, -0.25) is 14.5 Å². The number of carbonyl (C=O) groups is 2. The molecule has 24 heavy (non-hydrogen) atoms. The van der Waals surface area contributed by atoms with Crippen molar-refractivity contribution >= 4 is 35.1 Å². The van der Waals surface area contributed by atoms with Gasteiger partial charge >= 0.3 is 5.97 Å². The third-order valence-corrected chi connectivity index (χ3v) is 5.25. The van der Waals surface area contributed by atoms with Crippen molar-refractivity contribution < 1.29 is 14.7 Å². The van der Waals surface area contributed by atoms with Gasteiger partial charge in [0.05, 0.1) is 12.5 Å². The minimum atomic E-state index is -0.835. The number of hydrogen-bond acceptors (Lipinski definition) is 3. The third-order valence-electron chi connectivity index (χ3n) is 4.59. The molecular weight excluding hydrogens is 351 g/mol. The van der Waals surface area contributed by atoms with Crippen molar-refractivity contribution in [2.24, 2.45) is 0 Å². The van der Waals surface area contributed by atoms with Crippen LogP contribution in [-0.4, -0.2) is 59.5 Å². The highest BCUT2D eigenvalue weighted by Crippen LogP contribution is 2.33. The minimum Gasteiger partial charge on any atom is -0.480 e. The number of carboxylic acids is 1. The predicted molar refractivity (Wildman–Crippen MR) is 94.7 cm³/mol. The van der Waals surface area contributed by atoms with Gasteiger partial charge in [-0.1, -0.05) is 29.3 Å². The van der Waals surface area contributed by atoms with Gasteiger partial charge in [-0.2, -0.15) is 0 Å². The van der Waals surface area contributed by atoms with E-state index in [1.165, 1.54) is 0 Å². The number of nitrogens with zero attached hydrogens (tertiary/aromatic N) is 2. The summed E-state index contributed by atoms with van der Waals surface area (Å²) in [6.07, 6.45) is 1.52. The van der Waals surface area contributed by atoms with Crippen LogP contribution in [0, 0.1) is 0 Å². The number of halogens is 2. The van der Waals surface area contributed by atoms with Gasteiger partial charge in [0.25, 0.3) is 0 Å². The van der Waals surface area contributed by atoms with E-state index in [0.717, 1.165) is 12.8 Å². The fraction of sp³-hybridized carbons (Fsp3) is 0.529. The smallest absolute Gasteiger partial charge is 0.317 e. The van der Waals surface area contributed by atoms with Crippen LogP contribution in [0.15, 0.2) is 18.2 Å². The summed E-state index contributed by atoms with van der Waals surface area (Å²) in [5, 5.41) is 9.87. The molecule has 1 aliphatic heterocycles. The molecule has 1 fully saturated rings. The summed E-state index contributed by atoms with van der Waals surface area (Å²) in [6, 6.07) is 5.42. The maximum atomic E-state index is 12.8. The SMILES string of the molecule is CC(C(=O)N1CCC(N(C)CC(=O)O)CC1)c1c(Cl)cccc1Cl. The number of likely N-dealkylation sites (tertiary alicyclic amines) is 1. The number of hydrogen-bond donors (Lipinski definition) is 1. The molecule has 5 nitrogen and oxygen atoms in total. The molecule has 1 aromatic carbocycles. The first kappa shape index (κ1) is 19.0. The van der Waals surface area contributed by atoms with Gasteiger partial charge in [0.15, 0.2) is 0 Å². The number of carbonyl (C=O) groups excluding carboxylic acids is 1. The first-order chi connectivity index (χ1) is 11.3. The molecule has 0 aliphatic carbocycles. The van der Waals surface area contributed by atoms with E-state index in [-0.39, 0.29) is 18.5 Å². The Labute approximate surface area is 152 Å². The Kier molecular flexibility index (Phi) is 6.49. The maximum absolute atomic E-state index is 12.8. The Balaban J connectivity index is 1.99. The molecule has 0 aromatic heterocycles. The highest BCUT2D eigenvalue weighted by molar-refractivity contribution is 6.36. The van der Waals surface area contributed by atoms with Gasteiger partial charge in [0.1, 0.15) is 0 Å². The van der Waals surface area contributed by atoms with Gasteiger partial charge in [-0.25, -0.2) is 0 Å². The molecule has 1 heterocycles. The lowest BCUT2D eigenvalue weighted by Gasteiger charge is -2.37. The molecule has 0 saturated carbocycles. The van der Waals surface area contributed by atoms with E-state index >= 15 is 0 Å². The zero-order valence-corrected chi connectivity index (χ0v) is 15.3. The molecule has 132 valence electrons. The lowest BCUT2D eigenvalue weighted by atomic mass is 9.97. The standard InChI is InChI=1S/C17H22Cl2N2O3/c1-11(16-13(18)4-3-5-14(16)19)17(24)21-8-6-12(7-9-21)20(2)10-15(22)23/h3-5,11-12H,6-10H2,1-2H3,(H,22,23). The number of benzene rings is 1. The molecule has 0 radical (unpaired) electrons. The zero-order chi connectivity index (χ0) is 17.9. The fourth-order valence-corrected chi connectivity index (χ4v) is 3.92. The molecule has 0 spiro atoms. The van der Waals surface area contributed by atoms with Crippen molar-refractivity contribution in [3.8, 4) is 0 Å². The van der Waals surface area contributed by atoms with E-state index in [2.05, 4.69) is 0 Å². The van der Waals surface area contributed by atoms with Crippen molar-refractivity contribution in [1.29, 1.82) is 0 Å². The van der Waals surface area contributed by atoms with E-state index in [9.17, 15) is 9.59 Å². The van der Waals surface area contributed by atoms with E-state index in [4.69, 9.17) is 28.3 Å². The minimum absolute atomic E-state index is 0.00402. The highest BCUT2D eigenvalue weighted by Gasteiger charge is 2.30. The Morgan fingerprint density at radius 2 is 1.83 bits per heavy atom. The highest BCUT2D eigenvalue weighted by atomic mass is 35.5. The van der Waals surface area contributed by atoms with Gasteiger partial charge in [0.2, 0.25) is 5.91 Å². The monoisotopic (exact) mass is 372 g/mol. The van der Waals surface area contributed by atoms with Crippen molar-refractivity contribution in [2.45, 2.75) is 31.7 Å². The number of amides is 1. The van der Waals surface area contributed by atoms with E-state index in [0.29, 0.717) is 28.7 Å². The van der Waals surface area contributed by atoms with E-state index in [1.54, 1.807) is 18.2 Å². The number of piperidine rings is 1. The molecule has 1 aliphatic rings. The van der Waals surface area contributed by atoms with Crippen LogP contribution < -0.4 is 0 Å². The molecule has 1 N–H and O–H groups in total. The van der Waals surface area contributed by atoms with Crippen LogP contribution in [0.3, 0.4) is 0 Å². The van der Waals surface area contributed by atoms with Gasteiger partial charge in [-0.15, -0.1) is 0 Å². The summed E-state index contributed by atoms with van der Waals surface area (Å²) in [7, 11) is 1.81. The number of likely N-dealkylation sites (N-methyl/N-ethyl adjacent to an activating group) is 1. The first-order valence-electron chi connectivity index (χ1n) is 7.96. The maximum Gasteiger partial charge on any atom is 0.317 e. The summed E-state index contributed by atoms with van der Waals surface area (Å²) in [4.78, 5) is 27.2. The van der Waals surface area contributed by atoms with Crippen LogP contribution in [0.25, 0.3) is 0 Å². The molecule has 1 amide bonds. The fourth-order valence-electron chi connectivity index (χ4n) is 3.19. The second-order valence-electron chi connectivity index (χ2n) is 6.22. The van der Waals surface area contributed by atoms with Crippen LogP contribution in [0.5, 0.6) is 0 Å². The van der Waals surface area contributed by atoms with Crippen molar-refractivity contribution in [3.05, 3.63) is 33.8 Å². The number of rotatable bonds is 5. The number of carboxylic acid groups (broad SMARTS) is 1. The lowest BCUT2D eigenvalue weighted by molar-refractivity contribution is -0.140.